The summed E-state index contributed by atoms with van der Waals surface area (Å²) in [6.45, 7) is 2.25. The van der Waals surface area contributed by atoms with E-state index in [0.717, 1.165) is 18.7 Å². The van der Waals surface area contributed by atoms with E-state index in [1.165, 1.54) is 0 Å². The summed E-state index contributed by atoms with van der Waals surface area (Å²) < 4.78 is 5.50. The summed E-state index contributed by atoms with van der Waals surface area (Å²) in [5, 5.41) is 4.37. The molecule has 0 saturated carbocycles. The molecule has 1 N–H and O–H groups in total. The number of ether oxygens (including phenoxy) is 1. The van der Waals surface area contributed by atoms with Crippen molar-refractivity contribution in [1.82, 2.24) is 5.32 Å². The number of carbonyl (C=O) groups is 1. The van der Waals surface area contributed by atoms with Gasteiger partial charge in [-0.25, -0.2) is 0 Å². The Kier molecular flexibility index (Phi) is 5.01. The number of hydrogen-bond donors (Lipinski definition) is 1. The Bertz CT molecular complexity index is 431. The molecule has 0 amide bonds. The van der Waals surface area contributed by atoms with Crippen molar-refractivity contribution in [2.75, 3.05) is 19.7 Å². The SMILES string of the molecule is O=C(Cc1cc(Cl)ccc1Cl)CC1CNCCO1. The lowest BCUT2D eigenvalue weighted by Crippen LogP contribution is -2.39. The highest BCUT2D eigenvalue weighted by Gasteiger charge is 2.18. The van der Waals surface area contributed by atoms with Gasteiger partial charge in [0, 0.05) is 36.0 Å². The van der Waals surface area contributed by atoms with Crippen LogP contribution in [0.5, 0.6) is 0 Å². The van der Waals surface area contributed by atoms with Crippen molar-refractivity contribution in [3.05, 3.63) is 33.8 Å². The molecule has 1 aromatic rings. The molecular formula is C13H15Cl2NO2. The number of carbonyl (C=O) groups excluding carboxylic acids is 1. The maximum Gasteiger partial charge on any atom is 0.139 e. The Labute approximate surface area is 116 Å². The van der Waals surface area contributed by atoms with Gasteiger partial charge in [0.15, 0.2) is 0 Å². The molecule has 5 heteroatoms. The third-order valence-electron chi connectivity index (χ3n) is 2.86. The van der Waals surface area contributed by atoms with Gasteiger partial charge in [-0.05, 0) is 23.8 Å². The summed E-state index contributed by atoms with van der Waals surface area (Å²) in [6.07, 6.45) is 0.693. The van der Waals surface area contributed by atoms with Gasteiger partial charge >= 0.3 is 0 Å². The van der Waals surface area contributed by atoms with Gasteiger partial charge in [0.25, 0.3) is 0 Å². The van der Waals surface area contributed by atoms with E-state index >= 15 is 0 Å². The molecule has 0 spiro atoms. The van der Waals surface area contributed by atoms with Crippen LogP contribution in [-0.4, -0.2) is 31.6 Å². The van der Waals surface area contributed by atoms with Crippen LogP contribution in [0.25, 0.3) is 0 Å². The molecule has 1 unspecified atom stereocenters. The standard InChI is InChI=1S/C13H15Cl2NO2/c14-10-1-2-13(15)9(5-10)6-11(17)7-12-8-16-3-4-18-12/h1-2,5,12,16H,3-4,6-8H2. The van der Waals surface area contributed by atoms with E-state index in [-0.39, 0.29) is 11.9 Å². The van der Waals surface area contributed by atoms with Crippen molar-refractivity contribution < 1.29 is 9.53 Å². The first kappa shape index (κ1) is 13.8. The molecular weight excluding hydrogens is 273 g/mol. The Morgan fingerprint density at radius 1 is 1.44 bits per heavy atom. The summed E-state index contributed by atoms with van der Waals surface area (Å²) in [4.78, 5) is 11.9. The van der Waals surface area contributed by atoms with E-state index in [0.29, 0.717) is 29.5 Å². The van der Waals surface area contributed by atoms with Crippen LogP contribution < -0.4 is 5.32 Å². The van der Waals surface area contributed by atoms with Crippen molar-refractivity contribution in [2.45, 2.75) is 18.9 Å². The van der Waals surface area contributed by atoms with Crippen LogP contribution >= 0.6 is 23.2 Å². The van der Waals surface area contributed by atoms with Crippen molar-refractivity contribution >= 4 is 29.0 Å². The molecule has 1 saturated heterocycles. The molecule has 2 rings (SSSR count). The van der Waals surface area contributed by atoms with Crippen LogP contribution in [0.3, 0.4) is 0 Å². The van der Waals surface area contributed by atoms with Gasteiger partial charge in [-0.2, -0.15) is 0 Å². The number of benzene rings is 1. The first-order valence-electron chi connectivity index (χ1n) is 5.93. The molecule has 1 fully saturated rings. The van der Waals surface area contributed by atoms with Crippen LogP contribution in [0.2, 0.25) is 10.0 Å². The molecule has 0 aliphatic carbocycles. The average Bonchev–Trinajstić information content (AvgIpc) is 2.35. The number of halogens is 2. The Balaban J connectivity index is 1.92. The smallest absolute Gasteiger partial charge is 0.139 e. The van der Waals surface area contributed by atoms with E-state index < -0.39 is 0 Å². The first-order chi connectivity index (χ1) is 8.65. The van der Waals surface area contributed by atoms with Gasteiger partial charge in [0.05, 0.1) is 12.7 Å². The van der Waals surface area contributed by atoms with Gasteiger partial charge in [0.2, 0.25) is 0 Å². The minimum Gasteiger partial charge on any atom is -0.375 e. The molecule has 0 radical (unpaired) electrons. The maximum absolute atomic E-state index is 11.9. The van der Waals surface area contributed by atoms with Crippen LogP contribution in [0.15, 0.2) is 18.2 Å². The predicted octanol–water partition coefficient (Wildman–Crippen LogP) is 2.48. The highest BCUT2D eigenvalue weighted by molar-refractivity contribution is 6.33. The highest BCUT2D eigenvalue weighted by atomic mass is 35.5. The molecule has 1 atom stereocenters. The zero-order valence-electron chi connectivity index (χ0n) is 9.92. The fraction of sp³-hybridized carbons (Fsp3) is 0.462. The van der Waals surface area contributed by atoms with Gasteiger partial charge in [0.1, 0.15) is 5.78 Å². The molecule has 0 bridgehead atoms. The number of morpholine rings is 1. The average molecular weight is 288 g/mol. The maximum atomic E-state index is 11.9. The zero-order chi connectivity index (χ0) is 13.0. The van der Waals surface area contributed by atoms with Gasteiger partial charge in [-0.1, -0.05) is 23.2 Å². The molecule has 0 aromatic heterocycles. The Hall–Kier alpha value is -0.610. The monoisotopic (exact) mass is 287 g/mol. The van der Waals surface area contributed by atoms with Crippen molar-refractivity contribution in [2.24, 2.45) is 0 Å². The molecule has 98 valence electrons. The molecule has 1 aliphatic heterocycles. The number of hydrogen-bond acceptors (Lipinski definition) is 3. The summed E-state index contributed by atoms with van der Waals surface area (Å²) in [5.74, 6) is 0.118. The fourth-order valence-corrected chi connectivity index (χ4v) is 2.35. The molecule has 3 nitrogen and oxygen atoms in total. The van der Waals surface area contributed by atoms with E-state index in [1.54, 1.807) is 18.2 Å². The minimum absolute atomic E-state index is 0.0239. The number of nitrogens with one attached hydrogen (secondary N) is 1. The normalized spacial score (nSPS) is 19.8. The van der Waals surface area contributed by atoms with E-state index in [4.69, 9.17) is 27.9 Å². The topological polar surface area (TPSA) is 38.3 Å². The fourth-order valence-electron chi connectivity index (χ4n) is 1.97. The summed E-state index contributed by atoms with van der Waals surface area (Å²) >= 11 is 11.9. The Morgan fingerprint density at radius 2 is 2.28 bits per heavy atom. The van der Waals surface area contributed by atoms with Gasteiger partial charge < -0.3 is 10.1 Å². The summed E-state index contributed by atoms with van der Waals surface area (Å²) in [6, 6.07) is 5.17. The van der Waals surface area contributed by atoms with Crippen molar-refractivity contribution in [3.8, 4) is 0 Å². The van der Waals surface area contributed by atoms with Crippen molar-refractivity contribution in [1.29, 1.82) is 0 Å². The Morgan fingerprint density at radius 3 is 3.00 bits per heavy atom. The third kappa shape index (κ3) is 3.95. The molecule has 1 heterocycles. The lowest BCUT2D eigenvalue weighted by Gasteiger charge is -2.23. The van der Waals surface area contributed by atoms with E-state index in [9.17, 15) is 4.79 Å². The summed E-state index contributed by atoms with van der Waals surface area (Å²) in [7, 11) is 0. The molecule has 1 aliphatic rings. The molecule has 18 heavy (non-hydrogen) atoms. The number of rotatable bonds is 4. The second kappa shape index (κ2) is 6.53. The zero-order valence-corrected chi connectivity index (χ0v) is 11.4. The lowest BCUT2D eigenvalue weighted by molar-refractivity contribution is -0.121. The number of ketones is 1. The predicted molar refractivity (Wildman–Crippen MR) is 72.4 cm³/mol. The third-order valence-corrected chi connectivity index (χ3v) is 3.46. The number of Topliss-reactive ketones (excluding diaryl/α,β-unsaturated/α-hetero) is 1. The van der Waals surface area contributed by atoms with Crippen molar-refractivity contribution in [3.63, 3.8) is 0 Å². The minimum atomic E-state index is -0.0239. The second-order valence-electron chi connectivity index (χ2n) is 4.35. The highest BCUT2D eigenvalue weighted by Crippen LogP contribution is 2.21. The lowest BCUT2D eigenvalue weighted by atomic mass is 10.0. The largest absolute Gasteiger partial charge is 0.375 e. The van der Waals surface area contributed by atoms with Crippen LogP contribution in [0, 0.1) is 0 Å². The van der Waals surface area contributed by atoms with E-state index in [2.05, 4.69) is 5.32 Å². The van der Waals surface area contributed by atoms with Gasteiger partial charge in [-0.15, -0.1) is 0 Å². The second-order valence-corrected chi connectivity index (χ2v) is 5.20. The van der Waals surface area contributed by atoms with E-state index in [1.807, 2.05) is 0 Å². The van der Waals surface area contributed by atoms with Gasteiger partial charge in [-0.3, -0.25) is 4.79 Å². The quantitative estimate of drug-likeness (QED) is 0.925. The van der Waals surface area contributed by atoms with Crippen LogP contribution in [-0.2, 0) is 16.0 Å². The summed E-state index contributed by atoms with van der Waals surface area (Å²) in [5.41, 5.74) is 0.776. The van der Waals surface area contributed by atoms with Crippen LogP contribution in [0.1, 0.15) is 12.0 Å². The molecule has 1 aromatic carbocycles. The van der Waals surface area contributed by atoms with Crippen LogP contribution in [0.4, 0.5) is 0 Å². The first-order valence-corrected chi connectivity index (χ1v) is 6.68.